The maximum Gasteiger partial charge on any atom is 0.308 e. The van der Waals surface area contributed by atoms with Gasteiger partial charge in [-0.2, -0.15) is 5.10 Å². The van der Waals surface area contributed by atoms with Crippen molar-refractivity contribution in [1.82, 2.24) is 14.7 Å². The van der Waals surface area contributed by atoms with Crippen LogP contribution < -0.4 is 0 Å². The van der Waals surface area contributed by atoms with Gasteiger partial charge in [0.25, 0.3) is 5.91 Å². The number of amides is 1. The second kappa shape index (κ2) is 7.29. The van der Waals surface area contributed by atoms with Crippen LogP contribution in [0.5, 0.6) is 0 Å². The summed E-state index contributed by atoms with van der Waals surface area (Å²) in [7, 11) is 1.62. The summed E-state index contributed by atoms with van der Waals surface area (Å²) in [5.74, 6) is -1.72. The third-order valence-corrected chi connectivity index (χ3v) is 4.09. The molecule has 0 spiro atoms. The van der Waals surface area contributed by atoms with Crippen LogP contribution in [0.1, 0.15) is 34.2 Å². The Balaban J connectivity index is 2.21. The van der Waals surface area contributed by atoms with E-state index in [0.29, 0.717) is 17.8 Å². The Labute approximate surface area is 141 Å². The zero-order valence-corrected chi connectivity index (χ0v) is 14.5. The molecule has 0 aliphatic rings. The summed E-state index contributed by atoms with van der Waals surface area (Å²) in [4.78, 5) is 25.1. The Kier molecular flexibility index (Phi) is 5.39. The van der Waals surface area contributed by atoms with Crippen molar-refractivity contribution < 1.29 is 14.7 Å². The van der Waals surface area contributed by atoms with Gasteiger partial charge in [-0.1, -0.05) is 37.3 Å². The van der Waals surface area contributed by atoms with E-state index in [-0.39, 0.29) is 12.5 Å². The lowest BCUT2D eigenvalue weighted by Gasteiger charge is -2.19. The van der Waals surface area contributed by atoms with Crippen LogP contribution in [0.2, 0.25) is 0 Å². The number of nitrogens with zero attached hydrogens (tertiary/aromatic N) is 3. The first-order valence-electron chi connectivity index (χ1n) is 7.87. The molecule has 0 fully saturated rings. The molecule has 1 aromatic carbocycles. The fourth-order valence-electron chi connectivity index (χ4n) is 2.68. The molecule has 2 rings (SSSR count). The highest BCUT2D eigenvalue weighted by Gasteiger charge is 2.24. The number of hydrogen-bond acceptors (Lipinski definition) is 3. The van der Waals surface area contributed by atoms with Gasteiger partial charge in [-0.15, -0.1) is 0 Å². The van der Waals surface area contributed by atoms with Gasteiger partial charge in [0, 0.05) is 19.3 Å². The molecule has 1 aromatic heterocycles. The third-order valence-electron chi connectivity index (χ3n) is 4.09. The number of rotatable bonds is 6. The fourth-order valence-corrected chi connectivity index (χ4v) is 2.68. The SMILES string of the molecule is Cc1nn(Cc2ccccc2)c(C)c1C(=O)N(C)C[C@H](C)C(=O)O. The molecule has 0 unspecified atom stereocenters. The Bertz CT molecular complexity index is 737. The average Bonchev–Trinajstić information content (AvgIpc) is 2.81. The van der Waals surface area contributed by atoms with Crippen LogP contribution in [0, 0.1) is 19.8 Å². The summed E-state index contributed by atoms with van der Waals surface area (Å²) in [6.45, 7) is 6.01. The smallest absolute Gasteiger partial charge is 0.308 e. The van der Waals surface area contributed by atoms with Crippen molar-refractivity contribution in [3.8, 4) is 0 Å². The number of carbonyl (C=O) groups excluding carboxylic acids is 1. The maximum absolute atomic E-state index is 12.7. The van der Waals surface area contributed by atoms with Gasteiger partial charge in [-0.25, -0.2) is 0 Å². The highest BCUT2D eigenvalue weighted by Crippen LogP contribution is 2.17. The molecule has 1 amide bonds. The molecule has 2 aromatic rings. The largest absolute Gasteiger partial charge is 0.481 e. The number of aliphatic carboxylic acids is 1. The van der Waals surface area contributed by atoms with Crippen LogP contribution in [-0.4, -0.2) is 45.3 Å². The summed E-state index contributed by atoms with van der Waals surface area (Å²) >= 11 is 0. The van der Waals surface area contributed by atoms with Crippen LogP contribution in [0.15, 0.2) is 30.3 Å². The molecule has 0 aliphatic heterocycles. The van der Waals surface area contributed by atoms with Gasteiger partial charge in [0.15, 0.2) is 0 Å². The summed E-state index contributed by atoms with van der Waals surface area (Å²) < 4.78 is 1.81. The molecule has 0 saturated heterocycles. The van der Waals surface area contributed by atoms with E-state index in [4.69, 9.17) is 5.11 Å². The molecule has 0 radical (unpaired) electrons. The average molecular weight is 329 g/mol. The minimum absolute atomic E-state index is 0.164. The van der Waals surface area contributed by atoms with E-state index < -0.39 is 11.9 Å². The predicted molar refractivity (Wildman–Crippen MR) is 91.0 cm³/mol. The van der Waals surface area contributed by atoms with Gasteiger partial charge in [-0.3, -0.25) is 14.3 Å². The van der Waals surface area contributed by atoms with Crippen LogP contribution in [0.4, 0.5) is 0 Å². The molecule has 0 saturated carbocycles. The third kappa shape index (κ3) is 3.82. The molecular weight excluding hydrogens is 306 g/mol. The number of aryl methyl sites for hydroxylation is 1. The van der Waals surface area contributed by atoms with E-state index in [1.54, 1.807) is 20.9 Å². The normalized spacial score (nSPS) is 12.0. The Morgan fingerprint density at radius 3 is 2.46 bits per heavy atom. The van der Waals surface area contributed by atoms with Crippen molar-refractivity contribution in [2.45, 2.75) is 27.3 Å². The van der Waals surface area contributed by atoms with Gasteiger partial charge >= 0.3 is 5.97 Å². The van der Waals surface area contributed by atoms with E-state index >= 15 is 0 Å². The fraction of sp³-hybridized carbons (Fsp3) is 0.389. The van der Waals surface area contributed by atoms with Gasteiger partial charge < -0.3 is 10.0 Å². The number of carboxylic acids is 1. The molecule has 6 heteroatoms. The monoisotopic (exact) mass is 329 g/mol. The molecule has 1 atom stereocenters. The molecule has 24 heavy (non-hydrogen) atoms. The number of benzene rings is 1. The van der Waals surface area contributed by atoms with Crippen LogP contribution in [-0.2, 0) is 11.3 Å². The zero-order valence-electron chi connectivity index (χ0n) is 14.5. The maximum atomic E-state index is 12.7. The molecule has 128 valence electrons. The van der Waals surface area contributed by atoms with Crippen molar-refractivity contribution in [1.29, 1.82) is 0 Å². The minimum Gasteiger partial charge on any atom is -0.481 e. The Hall–Kier alpha value is -2.63. The molecule has 1 heterocycles. The van der Waals surface area contributed by atoms with Crippen molar-refractivity contribution in [3.63, 3.8) is 0 Å². The lowest BCUT2D eigenvalue weighted by molar-refractivity contribution is -0.141. The Morgan fingerprint density at radius 2 is 1.88 bits per heavy atom. The van der Waals surface area contributed by atoms with Gasteiger partial charge in [-0.05, 0) is 19.4 Å². The topological polar surface area (TPSA) is 75.4 Å². The van der Waals surface area contributed by atoms with Crippen LogP contribution in [0.3, 0.4) is 0 Å². The van der Waals surface area contributed by atoms with Crippen LogP contribution >= 0.6 is 0 Å². The first kappa shape index (κ1) is 17.7. The highest BCUT2D eigenvalue weighted by molar-refractivity contribution is 5.96. The summed E-state index contributed by atoms with van der Waals surface area (Å²) in [6.07, 6.45) is 0. The van der Waals surface area contributed by atoms with Gasteiger partial charge in [0.2, 0.25) is 0 Å². The lowest BCUT2D eigenvalue weighted by atomic mass is 10.1. The minimum atomic E-state index is -0.914. The second-order valence-corrected chi connectivity index (χ2v) is 6.11. The quantitative estimate of drug-likeness (QED) is 0.882. The molecule has 1 N–H and O–H groups in total. The van der Waals surface area contributed by atoms with Crippen LogP contribution in [0.25, 0.3) is 0 Å². The van der Waals surface area contributed by atoms with Crippen molar-refractivity contribution in [2.75, 3.05) is 13.6 Å². The first-order chi connectivity index (χ1) is 11.3. The second-order valence-electron chi connectivity index (χ2n) is 6.11. The molecule has 0 bridgehead atoms. The summed E-state index contributed by atoms with van der Waals surface area (Å²) in [5, 5.41) is 13.5. The van der Waals surface area contributed by atoms with Crippen molar-refractivity contribution >= 4 is 11.9 Å². The van der Waals surface area contributed by atoms with E-state index in [9.17, 15) is 9.59 Å². The van der Waals surface area contributed by atoms with E-state index in [0.717, 1.165) is 11.3 Å². The Morgan fingerprint density at radius 1 is 1.25 bits per heavy atom. The van der Waals surface area contributed by atoms with E-state index in [1.807, 2.05) is 41.9 Å². The van der Waals surface area contributed by atoms with Gasteiger partial charge in [0.05, 0.1) is 23.7 Å². The standard InChI is InChI=1S/C18H23N3O3/c1-12(18(23)24)10-20(4)17(22)16-13(2)19-21(14(16)3)11-15-8-6-5-7-9-15/h5-9,12H,10-11H2,1-4H3,(H,23,24)/t12-/m0/s1. The zero-order chi connectivity index (χ0) is 17.9. The number of hydrogen-bond donors (Lipinski definition) is 1. The summed E-state index contributed by atoms with van der Waals surface area (Å²) in [5.41, 5.74) is 3.10. The number of carbonyl (C=O) groups is 2. The van der Waals surface area contributed by atoms with Gasteiger partial charge in [0.1, 0.15) is 0 Å². The predicted octanol–water partition coefficient (Wildman–Crippen LogP) is 2.34. The first-order valence-corrected chi connectivity index (χ1v) is 7.87. The number of aromatic nitrogens is 2. The lowest BCUT2D eigenvalue weighted by Crippen LogP contribution is -2.34. The number of carboxylic acid groups (broad SMARTS) is 1. The van der Waals surface area contributed by atoms with E-state index in [1.165, 1.54) is 4.90 Å². The van der Waals surface area contributed by atoms with E-state index in [2.05, 4.69) is 5.10 Å². The molecular formula is C18H23N3O3. The molecule has 6 nitrogen and oxygen atoms in total. The van der Waals surface area contributed by atoms with Crippen molar-refractivity contribution in [2.24, 2.45) is 5.92 Å². The van der Waals surface area contributed by atoms with Crippen molar-refractivity contribution in [3.05, 3.63) is 52.8 Å². The summed E-state index contributed by atoms with van der Waals surface area (Å²) in [6, 6.07) is 9.91. The highest BCUT2D eigenvalue weighted by atomic mass is 16.4. The molecule has 0 aliphatic carbocycles.